The number of ketones is 1. The Bertz CT molecular complexity index is 604. The summed E-state index contributed by atoms with van der Waals surface area (Å²) < 4.78 is 10.9. The first-order valence-electron chi connectivity index (χ1n) is 8.68. The van der Waals surface area contributed by atoms with Crippen molar-refractivity contribution in [1.82, 2.24) is 4.90 Å². The molecule has 5 nitrogen and oxygen atoms in total. The van der Waals surface area contributed by atoms with Gasteiger partial charge < -0.3 is 9.47 Å². The maximum absolute atomic E-state index is 12.4. The summed E-state index contributed by atoms with van der Waals surface area (Å²) >= 11 is 0. The molecule has 1 heterocycles. The van der Waals surface area contributed by atoms with Gasteiger partial charge in [-0.1, -0.05) is 36.4 Å². The average molecular weight is 345 g/mol. The largest absolute Gasteiger partial charge is 0.444 e. The summed E-state index contributed by atoms with van der Waals surface area (Å²) in [4.78, 5) is 26.1. The van der Waals surface area contributed by atoms with Crippen LogP contribution in [0.25, 0.3) is 0 Å². The lowest BCUT2D eigenvalue weighted by atomic mass is 10.1. The number of hydrogen-bond acceptors (Lipinski definition) is 4. The van der Waals surface area contributed by atoms with E-state index in [0.29, 0.717) is 26.2 Å². The highest BCUT2D eigenvalue weighted by Gasteiger charge is 2.35. The van der Waals surface area contributed by atoms with Gasteiger partial charge >= 0.3 is 6.09 Å². The number of ether oxygens (including phenoxy) is 2. The summed E-state index contributed by atoms with van der Waals surface area (Å²) in [6, 6.07) is 9.44. The van der Waals surface area contributed by atoms with Crippen molar-refractivity contribution in [3.8, 4) is 0 Å². The number of benzene rings is 1. The van der Waals surface area contributed by atoms with E-state index in [1.54, 1.807) is 6.08 Å². The van der Waals surface area contributed by atoms with E-state index in [1.165, 1.54) is 11.0 Å². The molecule has 1 aromatic rings. The zero-order chi connectivity index (χ0) is 18.3. The Hall–Kier alpha value is -2.14. The minimum atomic E-state index is -0.561. The maximum Gasteiger partial charge on any atom is 0.410 e. The lowest BCUT2D eigenvalue weighted by Gasteiger charge is -2.27. The molecule has 136 valence electrons. The van der Waals surface area contributed by atoms with Crippen molar-refractivity contribution in [3.05, 3.63) is 48.0 Å². The SMILES string of the molecule is CC(C)(C)OC(=O)N1CCC[C@H]1C(=O)/C=C/COCc1ccccc1. The third kappa shape index (κ3) is 6.35. The van der Waals surface area contributed by atoms with E-state index in [0.717, 1.165) is 12.0 Å². The number of carbonyl (C=O) groups excluding carboxylic acids is 2. The lowest BCUT2D eigenvalue weighted by Crippen LogP contribution is -2.42. The van der Waals surface area contributed by atoms with Crippen LogP contribution in [0.5, 0.6) is 0 Å². The number of carbonyl (C=O) groups is 2. The quantitative estimate of drug-likeness (QED) is 0.582. The lowest BCUT2D eigenvalue weighted by molar-refractivity contribution is -0.118. The van der Waals surface area contributed by atoms with Gasteiger partial charge in [-0.25, -0.2) is 4.79 Å². The molecule has 1 aromatic carbocycles. The number of amides is 1. The number of hydrogen-bond donors (Lipinski definition) is 0. The molecule has 1 aliphatic heterocycles. The molecule has 5 heteroatoms. The van der Waals surface area contributed by atoms with Crippen molar-refractivity contribution in [2.75, 3.05) is 13.2 Å². The Morgan fingerprint density at radius 2 is 1.96 bits per heavy atom. The van der Waals surface area contributed by atoms with Crippen LogP contribution in [0.2, 0.25) is 0 Å². The summed E-state index contributed by atoms with van der Waals surface area (Å²) in [5, 5.41) is 0. The van der Waals surface area contributed by atoms with Crippen LogP contribution in [-0.4, -0.2) is 41.6 Å². The summed E-state index contributed by atoms with van der Waals surface area (Å²) in [5.41, 5.74) is 0.531. The molecule has 0 unspecified atom stereocenters. The summed E-state index contributed by atoms with van der Waals surface area (Å²) in [5.74, 6) is -0.0772. The molecule has 0 bridgehead atoms. The third-order valence-corrected chi connectivity index (χ3v) is 3.82. The Morgan fingerprint density at radius 1 is 1.24 bits per heavy atom. The first kappa shape index (κ1) is 19.2. The minimum absolute atomic E-state index is 0.0772. The van der Waals surface area contributed by atoms with Crippen LogP contribution in [0.4, 0.5) is 4.79 Å². The predicted molar refractivity (Wildman–Crippen MR) is 96.2 cm³/mol. The molecular weight excluding hydrogens is 318 g/mol. The highest BCUT2D eigenvalue weighted by atomic mass is 16.6. The predicted octanol–water partition coefficient (Wildman–Crippen LogP) is 3.73. The molecular formula is C20H27NO4. The normalized spacial score (nSPS) is 17.9. The fourth-order valence-electron chi connectivity index (χ4n) is 2.70. The fourth-order valence-corrected chi connectivity index (χ4v) is 2.70. The third-order valence-electron chi connectivity index (χ3n) is 3.82. The Labute approximate surface area is 149 Å². The average Bonchev–Trinajstić information content (AvgIpc) is 3.03. The highest BCUT2D eigenvalue weighted by Crippen LogP contribution is 2.21. The van der Waals surface area contributed by atoms with Gasteiger partial charge in [0.2, 0.25) is 0 Å². The molecule has 1 atom stereocenters. The van der Waals surface area contributed by atoms with Crippen LogP contribution in [0, 0.1) is 0 Å². The van der Waals surface area contributed by atoms with E-state index in [1.807, 2.05) is 51.1 Å². The second kappa shape index (κ2) is 8.81. The van der Waals surface area contributed by atoms with Gasteiger partial charge in [0, 0.05) is 6.54 Å². The van der Waals surface area contributed by atoms with Gasteiger partial charge in [0.1, 0.15) is 5.60 Å². The molecule has 1 amide bonds. The molecule has 1 fully saturated rings. The Kier molecular flexibility index (Phi) is 6.76. The van der Waals surface area contributed by atoms with E-state index >= 15 is 0 Å². The zero-order valence-corrected chi connectivity index (χ0v) is 15.2. The zero-order valence-electron chi connectivity index (χ0n) is 15.2. The smallest absolute Gasteiger partial charge is 0.410 e. The highest BCUT2D eigenvalue weighted by molar-refractivity contribution is 5.96. The molecule has 0 radical (unpaired) electrons. The van der Waals surface area contributed by atoms with Gasteiger partial charge in [-0.2, -0.15) is 0 Å². The van der Waals surface area contributed by atoms with Gasteiger partial charge in [0.05, 0.1) is 19.3 Å². The van der Waals surface area contributed by atoms with Gasteiger partial charge in [-0.05, 0) is 45.3 Å². The molecule has 1 saturated heterocycles. The van der Waals surface area contributed by atoms with Crippen molar-refractivity contribution >= 4 is 11.9 Å². The van der Waals surface area contributed by atoms with Crippen LogP contribution >= 0.6 is 0 Å². The van der Waals surface area contributed by atoms with E-state index < -0.39 is 17.7 Å². The summed E-state index contributed by atoms with van der Waals surface area (Å²) in [7, 11) is 0. The second-order valence-corrected chi connectivity index (χ2v) is 7.14. The van der Waals surface area contributed by atoms with E-state index in [-0.39, 0.29) is 5.78 Å². The molecule has 0 aromatic heterocycles. The standard InChI is InChI=1S/C20H27NO4/c1-20(2,3)25-19(23)21-13-7-11-17(21)18(22)12-8-14-24-15-16-9-5-4-6-10-16/h4-6,8-10,12,17H,7,11,13-15H2,1-3H3/b12-8+/t17-/m0/s1. The van der Waals surface area contributed by atoms with Gasteiger partial charge in [0.15, 0.2) is 5.78 Å². The van der Waals surface area contributed by atoms with Gasteiger partial charge in [-0.15, -0.1) is 0 Å². The molecule has 0 aliphatic carbocycles. The van der Waals surface area contributed by atoms with Gasteiger partial charge in [0.25, 0.3) is 0 Å². The molecule has 2 rings (SSSR count). The second-order valence-electron chi connectivity index (χ2n) is 7.14. The first-order chi connectivity index (χ1) is 11.9. The van der Waals surface area contributed by atoms with Crippen LogP contribution in [0.3, 0.4) is 0 Å². The monoisotopic (exact) mass is 345 g/mol. The van der Waals surface area contributed by atoms with Crippen LogP contribution in [-0.2, 0) is 20.9 Å². The Balaban J connectivity index is 1.79. The van der Waals surface area contributed by atoms with Crippen molar-refractivity contribution in [2.45, 2.75) is 51.9 Å². The maximum atomic E-state index is 12.4. The molecule has 0 spiro atoms. The van der Waals surface area contributed by atoms with Crippen molar-refractivity contribution < 1.29 is 19.1 Å². The first-order valence-corrected chi connectivity index (χ1v) is 8.68. The van der Waals surface area contributed by atoms with Gasteiger partial charge in [-0.3, -0.25) is 9.69 Å². The summed E-state index contributed by atoms with van der Waals surface area (Å²) in [6.45, 7) is 6.89. The number of likely N-dealkylation sites (tertiary alicyclic amines) is 1. The number of nitrogens with zero attached hydrogens (tertiary/aromatic N) is 1. The van der Waals surface area contributed by atoms with E-state index in [9.17, 15) is 9.59 Å². The topological polar surface area (TPSA) is 55.8 Å². The van der Waals surface area contributed by atoms with Crippen molar-refractivity contribution in [1.29, 1.82) is 0 Å². The summed E-state index contributed by atoms with van der Waals surface area (Å²) in [6.07, 6.45) is 4.29. The van der Waals surface area contributed by atoms with Crippen molar-refractivity contribution in [2.24, 2.45) is 0 Å². The van der Waals surface area contributed by atoms with E-state index in [2.05, 4.69) is 0 Å². The minimum Gasteiger partial charge on any atom is -0.444 e. The van der Waals surface area contributed by atoms with Crippen molar-refractivity contribution in [3.63, 3.8) is 0 Å². The molecule has 0 saturated carbocycles. The fraction of sp³-hybridized carbons (Fsp3) is 0.500. The van der Waals surface area contributed by atoms with Crippen LogP contribution < -0.4 is 0 Å². The van der Waals surface area contributed by atoms with Crippen LogP contribution in [0.1, 0.15) is 39.2 Å². The van der Waals surface area contributed by atoms with Crippen LogP contribution in [0.15, 0.2) is 42.5 Å². The number of rotatable bonds is 6. The van der Waals surface area contributed by atoms with E-state index in [4.69, 9.17) is 9.47 Å². The molecule has 1 aliphatic rings. The Morgan fingerprint density at radius 3 is 2.64 bits per heavy atom. The molecule has 25 heavy (non-hydrogen) atoms. The molecule has 0 N–H and O–H groups in total.